The van der Waals surface area contributed by atoms with Crippen molar-refractivity contribution in [3.8, 4) is 6.01 Å². The van der Waals surface area contributed by atoms with Gasteiger partial charge in [-0.05, 0) is 50.5 Å². The number of alkyl halides is 3. The third kappa shape index (κ3) is 4.88. The van der Waals surface area contributed by atoms with Gasteiger partial charge in [0.1, 0.15) is 6.10 Å². The highest BCUT2D eigenvalue weighted by atomic mass is 19.4. The number of allylic oxidation sites excluding steroid dienone is 4. The van der Waals surface area contributed by atoms with Crippen molar-refractivity contribution in [3.63, 3.8) is 0 Å². The molecule has 0 saturated heterocycles. The summed E-state index contributed by atoms with van der Waals surface area (Å²) in [5.41, 5.74) is 2.68. The molecule has 0 bridgehead atoms. The minimum absolute atomic E-state index is 0.213. The number of ether oxygens (including phenoxy) is 1. The molecule has 1 unspecified atom stereocenters. The van der Waals surface area contributed by atoms with Crippen molar-refractivity contribution in [1.82, 2.24) is 19.5 Å². The Morgan fingerprint density at radius 1 is 1.15 bits per heavy atom. The molecule has 8 nitrogen and oxygen atoms in total. The largest absolute Gasteiger partial charge is 0.456 e. The summed E-state index contributed by atoms with van der Waals surface area (Å²) in [5, 5.41) is 0. The lowest BCUT2D eigenvalue weighted by molar-refractivity contribution is -0.137. The molecule has 1 atom stereocenters. The van der Waals surface area contributed by atoms with E-state index in [-0.39, 0.29) is 24.2 Å². The lowest BCUT2D eigenvalue weighted by Crippen LogP contribution is -2.39. The molecule has 3 aromatic rings. The first kappa shape index (κ1) is 25.1. The summed E-state index contributed by atoms with van der Waals surface area (Å²) in [4.78, 5) is 32.5. The normalized spacial score (nSPS) is 18.1. The first-order chi connectivity index (χ1) is 18.8. The minimum atomic E-state index is -4.44. The Morgan fingerprint density at radius 2 is 2.03 bits per heavy atom. The molecule has 202 valence electrons. The second-order valence-corrected chi connectivity index (χ2v) is 9.83. The number of halogens is 3. The summed E-state index contributed by atoms with van der Waals surface area (Å²) >= 11 is 0. The number of H-pyrrole nitrogens is 1. The number of fused-ring (bicyclic) bond motifs is 2. The molecule has 1 aromatic carbocycles. The number of aromatic amines is 1. The Morgan fingerprint density at radius 3 is 2.77 bits per heavy atom. The lowest BCUT2D eigenvalue weighted by atomic mass is 10.1. The predicted octanol–water partition coefficient (Wildman–Crippen LogP) is 5.06. The Hall–Kier alpha value is -4.15. The number of aliphatic imine (C=N–C) groups is 1. The van der Waals surface area contributed by atoms with Gasteiger partial charge in [-0.2, -0.15) is 13.2 Å². The van der Waals surface area contributed by atoms with Gasteiger partial charge in [-0.25, -0.2) is 14.5 Å². The maximum absolute atomic E-state index is 14.0. The fraction of sp³-hybridized carbons (Fsp3) is 0.357. The second kappa shape index (κ2) is 9.87. The number of hydrogen-bond donors (Lipinski definition) is 1. The molecule has 0 saturated carbocycles. The second-order valence-electron chi connectivity index (χ2n) is 9.83. The van der Waals surface area contributed by atoms with E-state index in [4.69, 9.17) is 9.72 Å². The molecule has 39 heavy (non-hydrogen) atoms. The van der Waals surface area contributed by atoms with Gasteiger partial charge in [-0.15, -0.1) is 0 Å². The molecular weight excluding hydrogens is 509 g/mol. The van der Waals surface area contributed by atoms with E-state index < -0.39 is 11.7 Å². The molecule has 2 aliphatic heterocycles. The molecule has 0 fully saturated rings. The van der Waals surface area contributed by atoms with Crippen LogP contribution in [0.15, 0.2) is 57.9 Å². The quantitative estimate of drug-likeness (QED) is 0.493. The first-order valence-corrected chi connectivity index (χ1v) is 13.0. The number of aromatic nitrogens is 4. The van der Waals surface area contributed by atoms with E-state index in [1.807, 2.05) is 30.1 Å². The monoisotopic (exact) mass is 536 g/mol. The van der Waals surface area contributed by atoms with Crippen molar-refractivity contribution in [2.24, 2.45) is 4.99 Å². The van der Waals surface area contributed by atoms with Crippen molar-refractivity contribution in [2.45, 2.75) is 51.4 Å². The molecule has 1 N–H and O–H groups in total. The van der Waals surface area contributed by atoms with Gasteiger partial charge >= 0.3 is 12.2 Å². The van der Waals surface area contributed by atoms with Crippen molar-refractivity contribution in [3.05, 3.63) is 75.3 Å². The van der Waals surface area contributed by atoms with Crippen molar-refractivity contribution < 1.29 is 17.9 Å². The average molecular weight is 537 g/mol. The van der Waals surface area contributed by atoms with E-state index in [9.17, 15) is 18.0 Å². The number of hydrogen-bond acceptors (Lipinski definition) is 6. The summed E-state index contributed by atoms with van der Waals surface area (Å²) in [6, 6.07) is 3.68. The molecule has 3 aliphatic rings. The fourth-order valence-electron chi connectivity index (χ4n) is 5.09. The van der Waals surface area contributed by atoms with Crippen LogP contribution in [-0.4, -0.2) is 44.9 Å². The molecule has 6 rings (SSSR count). The van der Waals surface area contributed by atoms with E-state index >= 15 is 0 Å². The zero-order chi connectivity index (χ0) is 27.1. The van der Waals surface area contributed by atoms with Gasteiger partial charge < -0.3 is 14.6 Å². The highest BCUT2D eigenvalue weighted by molar-refractivity contribution is 5.80. The van der Waals surface area contributed by atoms with Crippen LogP contribution in [0.2, 0.25) is 0 Å². The van der Waals surface area contributed by atoms with Gasteiger partial charge in [0.2, 0.25) is 5.95 Å². The van der Waals surface area contributed by atoms with Gasteiger partial charge in [0, 0.05) is 37.0 Å². The Balaban J connectivity index is 1.35. The van der Waals surface area contributed by atoms with Crippen LogP contribution in [0.1, 0.15) is 43.0 Å². The number of dihydropyridines is 1. The highest BCUT2D eigenvalue weighted by Crippen LogP contribution is 2.32. The standard InChI is InChI=1S/C28H27F3N6O2/c1-17(18-6-5-12-32-15-18)39-27-35-22-11-13-36(16-21(22)25(38)37(27)20-7-3-2-4-8-20)26-33-23-10-9-19(28(29,30)31)14-24(23)34-26/h2-3,6-7,9-10,14-15,17H,4-5,8,11-13,16H2,1H3,(H,33,34). The van der Waals surface area contributed by atoms with Crippen LogP contribution < -0.4 is 15.2 Å². The van der Waals surface area contributed by atoms with E-state index in [0.29, 0.717) is 47.6 Å². The number of benzene rings is 1. The SMILES string of the molecule is CC(Oc1nc2c(c(=O)n1C1=CC=CCC1)CN(c1nc3ccc(C(F)(F)F)cc3[nH]1)CC2)C1=CCCN=C1. The Bertz CT molecular complexity index is 1610. The fourth-order valence-corrected chi connectivity index (χ4v) is 5.09. The number of rotatable bonds is 5. The summed E-state index contributed by atoms with van der Waals surface area (Å²) in [6.07, 6.45) is 7.75. The van der Waals surface area contributed by atoms with Crippen LogP contribution in [0.5, 0.6) is 6.01 Å². The minimum Gasteiger partial charge on any atom is -0.456 e. The predicted molar refractivity (Wildman–Crippen MR) is 143 cm³/mol. The van der Waals surface area contributed by atoms with Crippen molar-refractivity contribution in [2.75, 3.05) is 18.0 Å². The lowest BCUT2D eigenvalue weighted by Gasteiger charge is -2.29. The summed E-state index contributed by atoms with van der Waals surface area (Å²) in [7, 11) is 0. The number of anilines is 1. The third-order valence-electron chi connectivity index (χ3n) is 7.20. The van der Waals surface area contributed by atoms with Crippen molar-refractivity contribution in [1.29, 1.82) is 0 Å². The molecule has 2 aromatic heterocycles. The van der Waals surface area contributed by atoms with Gasteiger partial charge in [0.05, 0.1) is 34.4 Å². The Kier molecular flexibility index (Phi) is 6.36. The van der Waals surface area contributed by atoms with Crippen LogP contribution >= 0.6 is 0 Å². The summed E-state index contributed by atoms with van der Waals surface area (Å²) < 4.78 is 47.4. The zero-order valence-corrected chi connectivity index (χ0v) is 21.3. The van der Waals surface area contributed by atoms with Gasteiger partial charge in [0.15, 0.2) is 0 Å². The van der Waals surface area contributed by atoms with Gasteiger partial charge in [-0.1, -0.05) is 18.2 Å². The molecule has 1 aliphatic carbocycles. The average Bonchev–Trinajstić information content (AvgIpc) is 3.37. The maximum Gasteiger partial charge on any atom is 0.416 e. The van der Waals surface area contributed by atoms with E-state index in [2.05, 4.69) is 21.0 Å². The van der Waals surface area contributed by atoms with Crippen LogP contribution in [0.4, 0.5) is 19.1 Å². The molecule has 0 radical (unpaired) electrons. The first-order valence-electron chi connectivity index (χ1n) is 13.0. The smallest absolute Gasteiger partial charge is 0.416 e. The van der Waals surface area contributed by atoms with E-state index in [0.717, 1.165) is 42.8 Å². The maximum atomic E-state index is 14.0. The third-order valence-corrected chi connectivity index (χ3v) is 7.20. The Labute approximate surface area is 222 Å². The number of nitrogens with one attached hydrogen (secondary N) is 1. The highest BCUT2D eigenvalue weighted by Gasteiger charge is 2.32. The van der Waals surface area contributed by atoms with Gasteiger partial charge in [0.25, 0.3) is 5.56 Å². The van der Waals surface area contributed by atoms with Crippen LogP contribution in [0.3, 0.4) is 0 Å². The number of nitrogens with zero attached hydrogens (tertiary/aromatic N) is 5. The topological polar surface area (TPSA) is 88.4 Å². The zero-order valence-electron chi connectivity index (χ0n) is 21.3. The molecule has 4 heterocycles. The van der Waals surface area contributed by atoms with E-state index in [1.165, 1.54) is 6.07 Å². The molecular formula is C28H27F3N6O2. The molecule has 11 heteroatoms. The molecule has 0 spiro atoms. The van der Waals surface area contributed by atoms with E-state index in [1.54, 1.807) is 10.8 Å². The van der Waals surface area contributed by atoms with Gasteiger partial charge in [-0.3, -0.25) is 9.79 Å². The van der Waals surface area contributed by atoms with Crippen LogP contribution in [-0.2, 0) is 19.1 Å². The number of imidazole rings is 1. The van der Waals surface area contributed by atoms with Crippen LogP contribution in [0.25, 0.3) is 16.7 Å². The molecule has 0 amide bonds. The summed E-state index contributed by atoms with van der Waals surface area (Å²) in [5.74, 6) is 0.415. The summed E-state index contributed by atoms with van der Waals surface area (Å²) in [6.45, 7) is 3.39. The van der Waals surface area contributed by atoms with Crippen LogP contribution in [0, 0.1) is 0 Å². The van der Waals surface area contributed by atoms with Crippen molar-refractivity contribution >= 4 is 28.9 Å².